The molecule has 0 saturated carbocycles. The van der Waals surface area contributed by atoms with Crippen molar-refractivity contribution >= 4 is 6.21 Å². The zero-order valence-electron chi connectivity index (χ0n) is 9.90. The zero-order valence-corrected chi connectivity index (χ0v) is 9.90. The Morgan fingerprint density at radius 1 is 1.60 bits per heavy atom. The van der Waals surface area contributed by atoms with E-state index in [-0.39, 0.29) is 0 Å². The van der Waals surface area contributed by atoms with Crippen LogP contribution >= 0.6 is 0 Å². The lowest BCUT2D eigenvalue weighted by molar-refractivity contribution is 0.415. The van der Waals surface area contributed by atoms with Crippen molar-refractivity contribution in [3.63, 3.8) is 0 Å². The number of hydrogen-bond acceptors (Lipinski definition) is 2. The van der Waals surface area contributed by atoms with Gasteiger partial charge in [0.05, 0.1) is 5.70 Å². The average Bonchev–Trinajstić information content (AvgIpc) is 2.25. The second-order valence-electron chi connectivity index (χ2n) is 4.00. The van der Waals surface area contributed by atoms with Gasteiger partial charge in [0.2, 0.25) is 0 Å². The Morgan fingerprint density at radius 3 is 2.93 bits per heavy atom. The molecule has 0 spiro atoms. The molecule has 0 radical (unpaired) electrons. The molecular weight excluding hydrogens is 184 g/mol. The van der Waals surface area contributed by atoms with Crippen LogP contribution in [-0.4, -0.2) is 11.2 Å². The molecule has 1 rings (SSSR count). The number of nitrogens with zero attached hydrogens (tertiary/aromatic N) is 2. The predicted octanol–water partition coefficient (Wildman–Crippen LogP) is 3.70. The van der Waals surface area contributed by atoms with Crippen LogP contribution in [0.25, 0.3) is 0 Å². The topological polar surface area (TPSA) is 15.6 Å². The fourth-order valence-electron chi connectivity index (χ4n) is 1.32. The molecule has 1 aliphatic rings. The number of allylic oxidation sites excluding steroid dienone is 4. The van der Waals surface area contributed by atoms with Crippen molar-refractivity contribution in [1.29, 1.82) is 0 Å². The third-order valence-electron chi connectivity index (χ3n) is 2.36. The minimum Gasteiger partial charge on any atom is -0.239 e. The van der Waals surface area contributed by atoms with E-state index >= 15 is 0 Å². The van der Waals surface area contributed by atoms with Crippen molar-refractivity contribution < 1.29 is 0 Å². The SMILES string of the molecule is C=C(C(C)C)N1N=CC=C/C1=C/CCC. The first-order valence-electron chi connectivity index (χ1n) is 5.56. The van der Waals surface area contributed by atoms with E-state index in [1.165, 1.54) is 0 Å². The molecule has 0 aliphatic carbocycles. The van der Waals surface area contributed by atoms with Crippen LogP contribution in [-0.2, 0) is 0 Å². The number of hydrazone groups is 1. The van der Waals surface area contributed by atoms with Gasteiger partial charge in [0, 0.05) is 11.9 Å². The van der Waals surface area contributed by atoms with Crippen LogP contribution in [0.1, 0.15) is 33.6 Å². The normalized spacial score (nSPS) is 17.9. The highest BCUT2D eigenvalue weighted by Crippen LogP contribution is 2.22. The van der Waals surface area contributed by atoms with Crippen LogP contribution in [0.2, 0.25) is 0 Å². The van der Waals surface area contributed by atoms with Crippen LogP contribution in [0.3, 0.4) is 0 Å². The lowest BCUT2D eigenvalue weighted by Crippen LogP contribution is -2.20. The van der Waals surface area contributed by atoms with Crippen molar-refractivity contribution in [2.24, 2.45) is 11.0 Å². The van der Waals surface area contributed by atoms with E-state index in [9.17, 15) is 0 Å². The fraction of sp³-hybridized carbons (Fsp3) is 0.462. The first-order chi connectivity index (χ1) is 7.16. The van der Waals surface area contributed by atoms with Crippen LogP contribution in [0, 0.1) is 5.92 Å². The molecule has 0 aromatic carbocycles. The largest absolute Gasteiger partial charge is 0.239 e. The summed E-state index contributed by atoms with van der Waals surface area (Å²) in [5, 5.41) is 6.27. The van der Waals surface area contributed by atoms with Gasteiger partial charge < -0.3 is 0 Å². The molecule has 1 heterocycles. The van der Waals surface area contributed by atoms with Gasteiger partial charge in [-0.2, -0.15) is 5.10 Å². The molecule has 0 unspecified atom stereocenters. The van der Waals surface area contributed by atoms with Crippen LogP contribution in [0.15, 0.2) is 41.3 Å². The van der Waals surface area contributed by atoms with Gasteiger partial charge in [0.1, 0.15) is 0 Å². The standard InChI is InChI=1S/C13H20N2/c1-5-6-8-13-9-7-10-14-15(13)12(4)11(2)3/h7-11H,4-6H2,1-3H3/b13-8-. The quantitative estimate of drug-likeness (QED) is 0.681. The maximum atomic E-state index is 4.34. The van der Waals surface area contributed by atoms with Crippen molar-refractivity contribution in [1.82, 2.24) is 5.01 Å². The molecule has 2 heteroatoms. The van der Waals surface area contributed by atoms with E-state index < -0.39 is 0 Å². The van der Waals surface area contributed by atoms with Gasteiger partial charge in [-0.3, -0.25) is 0 Å². The summed E-state index contributed by atoms with van der Waals surface area (Å²) in [5.74, 6) is 0.415. The van der Waals surface area contributed by atoms with E-state index in [1.807, 2.05) is 11.1 Å². The monoisotopic (exact) mass is 204 g/mol. The van der Waals surface area contributed by atoms with Crippen molar-refractivity contribution in [3.05, 3.63) is 36.2 Å². The molecule has 0 aromatic heterocycles. The summed E-state index contributed by atoms with van der Waals surface area (Å²) in [6, 6.07) is 0. The molecule has 0 bridgehead atoms. The first-order valence-corrected chi connectivity index (χ1v) is 5.56. The third kappa shape index (κ3) is 3.08. The summed E-state index contributed by atoms with van der Waals surface area (Å²) in [6.45, 7) is 10.5. The number of unbranched alkanes of at least 4 members (excludes halogenated alkanes) is 1. The second-order valence-corrected chi connectivity index (χ2v) is 4.00. The Hall–Kier alpha value is -1.31. The molecule has 0 amide bonds. The molecule has 0 aromatic rings. The summed E-state index contributed by atoms with van der Waals surface area (Å²) in [5.41, 5.74) is 2.18. The van der Waals surface area contributed by atoms with Gasteiger partial charge in [0.25, 0.3) is 0 Å². The summed E-state index contributed by atoms with van der Waals surface area (Å²) in [6.07, 6.45) is 10.3. The Bertz CT molecular complexity index is 308. The lowest BCUT2D eigenvalue weighted by Gasteiger charge is -2.26. The second kappa shape index (κ2) is 5.54. The zero-order chi connectivity index (χ0) is 11.3. The Labute approximate surface area is 92.7 Å². The fourth-order valence-corrected chi connectivity index (χ4v) is 1.32. The van der Waals surface area contributed by atoms with Gasteiger partial charge in [-0.25, -0.2) is 5.01 Å². The van der Waals surface area contributed by atoms with E-state index in [2.05, 4.69) is 44.6 Å². The molecule has 0 atom stereocenters. The maximum absolute atomic E-state index is 4.34. The maximum Gasteiger partial charge on any atom is 0.0609 e. The molecule has 15 heavy (non-hydrogen) atoms. The van der Waals surface area contributed by atoms with E-state index in [0.717, 1.165) is 24.2 Å². The molecule has 1 aliphatic heterocycles. The highest BCUT2D eigenvalue weighted by atomic mass is 15.5. The number of hydrogen-bond donors (Lipinski definition) is 0. The van der Waals surface area contributed by atoms with Gasteiger partial charge in [-0.05, 0) is 24.5 Å². The van der Waals surface area contributed by atoms with Crippen LogP contribution < -0.4 is 0 Å². The Balaban J connectivity index is 2.81. The molecule has 2 nitrogen and oxygen atoms in total. The molecule has 82 valence electrons. The predicted molar refractivity (Wildman–Crippen MR) is 66.4 cm³/mol. The summed E-state index contributed by atoms with van der Waals surface area (Å²) < 4.78 is 0. The average molecular weight is 204 g/mol. The minimum absolute atomic E-state index is 0.415. The van der Waals surface area contributed by atoms with Gasteiger partial charge in [-0.15, -0.1) is 0 Å². The van der Waals surface area contributed by atoms with Crippen molar-refractivity contribution in [3.8, 4) is 0 Å². The highest BCUT2D eigenvalue weighted by Gasteiger charge is 2.13. The van der Waals surface area contributed by atoms with Gasteiger partial charge in [-0.1, -0.05) is 39.8 Å². The summed E-state index contributed by atoms with van der Waals surface area (Å²) >= 11 is 0. The first kappa shape index (κ1) is 11.8. The minimum atomic E-state index is 0.415. The Morgan fingerprint density at radius 2 is 2.33 bits per heavy atom. The lowest BCUT2D eigenvalue weighted by atomic mass is 10.1. The third-order valence-corrected chi connectivity index (χ3v) is 2.36. The van der Waals surface area contributed by atoms with Crippen LogP contribution in [0.4, 0.5) is 0 Å². The van der Waals surface area contributed by atoms with E-state index in [0.29, 0.717) is 5.92 Å². The van der Waals surface area contributed by atoms with Crippen LogP contribution in [0.5, 0.6) is 0 Å². The highest BCUT2D eigenvalue weighted by molar-refractivity contribution is 5.73. The summed E-state index contributed by atoms with van der Waals surface area (Å²) in [7, 11) is 0. The molecule has 0 N–H and O–H groups in total. The number of rotatable bonds is 4. The van der Waals surface area contributed by atoms with E-state index in [4.69, 9.17) is 0 Å². The van der Waals surface area contributed by atoms with Crippen molar-refractivity contribution in [2.45, 2.75) is 33.6 Å². The molecule has 0 fully saturated rings. The van der Waals surface area contributed by atoms with E-state index in [1.54, 1.807) is 6.21 Å². The molecular formula is C13H20N2. The van der Waals surface area contributed by atoms with Gasteiger partial charge in [0.15, 0.2) is 0 Å². The Kier molecular flexibility index (Phi) is 4.35. The van der Waals surface area contributed by atoms with Crippen molar-refractivity contribution in [2.75, 3.05) is 0 Å². The summed E-state index contributed by atoms with van der Waals surface area (Å²) in [4.78, 5) is 0. The molecule has 0 saturated heterocycles. The van der Waals surface area contributed by atoms with Gasteiger partial charge >= 0.3 is 0 Å². The smallest absolute Gasteiger partial charge is 0.0609 e.